The number of furan rings is 2. The van der Waals surface area contributed by atoms with Crippen molar-refractivity contribution in [2.75, 3.05) is 0 Å². The van der Waals surface area contributed by atoms with Gasteiger partial charge in [-0.3, -0.25) is 0 Å². The monoisotopic (exact) mass is 635 g/mol. The van der Waals surface area contributed by atoms with E-state index in [-0.39, 0.29) is 5.92 Å². The topological polar surface area (TPSA) is 31.2 Å². The first-order chi connectivity index (χ1) is 24.0. The molecule has 2 atom stereocenters. The molecule has 0 fully saturated rings. The van der Waals surface area contributed by atoms with E-state index in [1.165, 1.54) is 60.8 Å². The molecular weight excluding hydrogens is 599 g/mol. The van der Waals surface area contributed by atoms with Crippen molar-refractivity contribution in [2.45, 2.75) is 51.4 Å². The molecule has 238 valence electrons. The Morgan fingerprint density at radius 2 is 1.51 bits per heavy atom. The molecule has 0 aliphatic heterocycles. The second kappa shape index (κ2) is 10.7. The minimum absolute atomic E-state index is 0.274. The highest BCUT2D eigenvalue weighted by Gasteiger charge is 2.30. The second-order valence-corrected chi connectivity index (χ2v) is 14.2. The van der Waals surface area contributed by atoms with E-state index in [9.17, 15) is 0 Å². The lowest BCUT2D eigenvalue weighted by molar-refractivity contribution is 0.548. The molecule has 10 rings (SSSR count). The van der Waals surface area contributed by atoms with Crippen LogP contribution in [0.25, 0.3) is 67.2 Å². The normalized spacial score (nSPS) is 17.3. The van der Waals surface area contributed by atoms with Crippen LogP contribution < -0.4 is 0 Å². The molecule has 3 aromatic heterocycles. The summed E-state index contributed by atoms with van der Waals surface area (Å²) in [6.07, 6.45) is 9.07. The Hall–Kier alpha value is -5.54. The molecule has 49 heavy (non-hydrogen) atoms. The van der Waals surface area contributed by atoms with Crippen molar-refractivity contribution >= 4 is 61.5 Å². The predicted octanol–water partition coefficient (Wildman–Crippen LogP) is 12.8. The summed E-state index contributed by atoms with van der Waals surface area (Å²) in [4.78, 5) is 0. The summed E-state index contributed by atoms with van der Waals surface area (Å²) < 4.78 is 15.1. The van der Waals surface area contributed by atoms with E-state index in [1.807, 2.05) is 0 Å². The fourth-order valence-corrected chi connectivity index (χ4v) is 8.68. The molecule has 2 aliphatic rings. The zero-order chi connectivity index (χ0) is 32.8. The maximum atomic E-state index is 6.45. The number of hydrogen-bond donors (Lipinski definition) is 0. The molecule has 0 N–H and O–H groups in total. The van der Waals surface area contributed by atoms with Crippen LogP contribution in [0, 0.1) is 0 Å². The van der Waals surface area contributed by atoms with E-state index < -0.39 is 0 Å². The third kappa shape index (κ3) is 4.28. The number of fused-ring (bicyclic) bond motifs is 9. The highest BCUT2D eigenvalue weighted by atomic mass is 16.3. The van der Waals surface area contributed by atoms with Crippen molar-refractivity contribution in [2.24, 2.45) is 0 Å². The van der Waals surface area contributed by atoms with Crippen molar-refractivity contribution in [1.82, 2.24) is 4.57 Å². The number of allylic oxidation sites excluding steroid dienone is 2. The Morgan fingerprint density at radius 1 is 0.714 bits per heavy atom. The Balaban J connectivity index is 1.06. The molecule has 0 saturated heterocycles. The summed E-state index contributed by atoms with van der Waals surface area (Å²) in [5.74, 6) is 2.08. The number of nitrogens with zero attached hydrogens (tertiary/aromatic N) is 1. The average molecular weight is 636 g/mol. The van der Waals surface area contributed by atoms with Gasteiger partial charge in [0.1, 0.15) is 22.5 Å². The zero-order valence-corrected chi connectivity index (χ0v) is 28.0. The first-order valence-electron chi connectivity index (χ1n) is 17.6. The van der Waals surface area contributed by atoms with Crippen LogP contribution in [0.4, 0.5) is 0 Å². The molecular formula is C46H37NO2. The second-order valence-electron chi connectivity index (χ2n) is 14.2. The Morgan fingerprint density at radius 3 is 2.41 bits per heavy atom. The number of hydrogen-bond acceptors (Lipinski definition) is 2. The molecule has 0 saturated carbocycles. The van der Waals surface area contributed by atoms with Crippen molar-refractivity contribution in [3.63, 3.8) is 0 Å². The van der Waals surface area contributed by atoms with Crippen molar-refractivity contribution in [3.8, 4) is 5.69 Å². The van der Waals surface area contributed by atoms with Gasteiger partial charge in [0, 0.05) is 45.1 Å². The molecule has 0 bridgehead atoms. The van der Waals surface area contributed by atoms with Gasteiger partial charge in [0.25, 0.3) is 0 Å². The van der Waals surface area contributed by atoms with Crippen LogP contribution in [-0.2, 0) is 6.42 Å². The van der Waals surface area contributed by atoms with Gasteiger partial charge in [-0.25, -0.2) is 0 Å². The molecule has 3 heterocycles. The molecule has 2 unspecified atom stereocenters. The van der Waals surface area contributed by atoms with Gasteiger partial charge in [-0.05, 0) is 88.6 Å². The standard InChI is InChI=1S/C46H37NO2/c1-27(2)33-14-9-15-36-39-26-32(19-23-44(39)49-46(33)36)47-40-16-6-4-13-37(40)45-28(3)34(20-21-41(45)47)31-11-8-10-29(24-31)30-18-22-43-38(25-30)35-12-5-7-17-42(35)48-43/h4-17,19-21,23-28,34H,18,22H2,1-3H3. The molecule has 8 aromatic rings. The summed E-state index contributed by atoms with van der Waals surface area (Å²) in [6, 6.07) is 39.8. The quantitative estimate of drug-likeness (QED) is 0.193. The lowest BCUT2D eigenvalue weighted by atomic mass is 9.77. The average Bonchev–Trinajstić information content (AvgIpc) is 3.81. The van der Waals surface area contributed by atoms with Crippen LogP contribution in [-0.4, -0.2) is 4.57 Å². The smallest absolute Gasteiger partial charge is 0.138 e. The van der Waals surface area contributed by atoms with E-state index in [2.05, 4.69) is 153 Å². The summed E-state index contributed by atoms with van der Waals surface area (Å²) in [7, 11) is 0. The Kier molecular flexibility index (Phi) is 6.24. The Labute approximate surface area is 285 Å². The molecule has 5 aromatic carbocycles. The van der Waals surface area contributed by atoms with Crippen LogP contribution >= 0.6 is 0 Å². The number of para-hydroxylation sites is 3. The van der Waals surface area contributed by atoms with Crippen LogP contribution in [0.15, 0.2) is 124 Å². The highest BCUT2D eigenvalue weighted by Crippen LogP contribution is 2.47. The van der Waals surface area contributed by atoms with Gasteiger partial charge in [0.15, 0.2) is 0 Å². The number of aromatic nitrogens is 1. The molecule has 0 amide bonds. The largest absolute Gasteiger partial charge is 0.460 e. The summed E-state index contributed by atoms with van der Waals surface area (Å²) in [5.41, 5.74) is 14.6. The van der Waals surface area contributed by atoms with Crippen molar-refractivity contribution < 1.29 is 8.83 Å². The maximum absolute atomic E-state index is 6.45. The van der Waals surface area contributed by atoms with Gasteiger partial charge < -0.3 is 13.4 Å². The lowest BCUT2D eigenvalue weighted by Gasteiger charge is -2.27. The molecule has 0 radical (unpaired) electrons. The SMILES string of the molecule is CC(C)c1cccc2c1oc1ccc(-n3c4c(c5ccccc53)C(C)C(c3cccc(C5=Cc6c(oc7ccccc67)CC5)c3)C=C4)cc12. The highest BCUT2D eigenvalue weighted by molar-refractivity contribution is 6.07. The van der Waals surface area contributed by atoms with Crippen molar-refractivity contribution in [1.29, 1.82) is 0 Å². The zero-order valence-electron chi connectivity index (χ0n) is 28.0. The third-order valence-electron chi connectivity index (χ3n) is 11.1. The van der Waals surface area contributed by atoms with Crippen LogP contribution in [0.2, 0.25) is 0 Å². The molecule has 0 spiro atoms. The first-order valence-corrected chi connectivity index (χ1v) is 17.6. The number of rotatable bonds is 4. The summed E-state index contributed by atoms with van der Waals surface area (Å²) in [6.45, 7) is 6.86. The third-order valence-corrected chi connectivity index (χ3v) is 11.1. The van der Waals surface area contributed by atoms with Gasteiger partial charge in [-0.2, -0.15) is 0 Å². The molecule has 2 aliphatic carbocycles. The van der Waals surface area contributed by atoms with Gasteiger partial charge in [0.2, 0.25) is 0 Å². The van der Waals surface area contributed by atoms with E-state index in [1.54, 1.807) is 0 Å². The first kappa shape index (κ1) is 28.5. The van der Waals surface area contributed by atoms with Crippen LogP contribution in [0.3, 0.4) is 0 Å². The van der Waals surface area contributed by atoms with Gasteiger partial charge in [-0.1, -0.05) is 106 Å². The molecule has 3 heteroatoms. The fraction of sp³-hybridized carbons (Fsp3) is 0.174. The van der Waals surface area contributed by atoms with Crippen LogP contribution in [0.1, 0.15) is 84.2 Å². The molecule has 3 nitrogen and oxygen atoms in total. The van der Waals surface area contributed by atoms with Gasteiger partial charge >= 0.3 is 0 Å². The fourth-order valence-electron chi connectivity index (χ4n) is 8.68. The van der Waals surface area contributed by atoms with Gasteiger partial charge in [0.05, 0.1) is 11.2 Å². The summed E-state index contributed by atoms with van der Waals surface area (Å²) in [5, 5.41) is 4.88. The predicted molar refractivity (Wildman–Crippen MR) is 204 cm³/mol. The van der Waals surface area contributed by atoms with Gasteiger partial charge in [-0.15, -0.1) is 0 Å². The van der Waals surface area contributed by atoms with E-state index in [0.29, 0.717) is 11.8 Å². The summed E-state index contributed by atoms with van der Waals surface area (Å²) >= 11 is 0. The van der Waals surface area contributed by atoms with Crippen molar-refractivity contribution in [3.05, 3.63) is 155 Å². The number of aryl methyl sites for hydroxylation is 1. The van der Waals surface area contributed by atoms with Crippen LogP contribution in [0.5, 0.6) is 0 Å². The van der Waals surface area contributed by atoms with E-state index in [4.69, 9.17) is 8.83 Å². The maximum Gasteiger partial charge on any atom is 0.138 e. The van der Waals surface area contributed by atoms with E-state index in [0.717, 1.165) is 46.4 Å². The van der Waals surface area contributed by atoms with E-state index >= 15 is 0 Å². The minimum Gasteiger partial charge on any atom is -0.460 e. The number of benzene rings is 5. The minimum atomic E-state index is 0.274. The lowest BCUT2D eigenvalue weighted by Crippen LogP contribution is -2.12. The Bertz CT molecular complexity index is 2670.